The molecule has 4 N–H and O–H groups in total. The molecular weight excluding hydrogens is 365 g/mol. The van der Waals surface area contributed by atoms with Crippen molar-refractivity contribution < 1.29 is 14.2 Å². The molecule has 2 aromatic rings. The predicted octanol–water partition coefficient (Wildman–Crippen LogP) is 2.27. The molecule has 21 heavy (non-hydrogen) atoms. The maximum absolute atomic E-state index is 13.2. The smallest absolute Gasteiger partial charge is 0.202 e. The minimum atomic E-state index is -0.398. The monoisotopic (exact) mass is 375 g/mol. The van der Waals surface area contributed by atoms with Crippen LogP contribution in [0.5, 0.6) is 0 Å². The van der Waals surface area contributed by atoms with Gasteiger partial charge in [0.15, 0.2) is 10.7 Å². The summed E-state index contributed by atoms with van der Waals surface area (Å²) in [4.78, 5) is 0. The maximum Gasteiger partial charge on any atom is 0.202 e. The molecule has 7 nitrogen and oxygen atoms in total. The number of aromatic nitrogens is 2. The van der Waals surface area contributed by atoms with Crippen molar-refractivity contribution in [2.45, 2.75) is 5.03 Å². The van der Waals surface area contributed by atoms with E-state index < -0.39 is 5.82 Å². The number of nitrogens with two attached hydrogens (primary N) is 1. The zero-order chi connectivity index (χ0) is 15.2. The van der Waals surface area contributed by atoms with Crippen LogP contribution >= 0.6 is 27.7 Å². The molecule has 0 aliphatic heterocycles. The number of nitrogens with one attached hydrogen (secondary N) is 1. The van der Waals surface area contributed by atoms with E-state index in [0.29, 0.717) is 23.0 Å². The summed E-state index contributed by atoms with van der Waals surface area (Å²) in [6, 6.07) is 4.26. The Labute approximate surface area is 131 Å². The van der Waals surface area contributed by atoms with E-state index in [1.165, 1.54) is 30.0 Å². The van der Waals surface area contributed by atoms with Gasteiger partial charge in [-0.1, -0.05) is 16.9 Å². The zero-order valence-corrected chi connectivity index (χ0v) is 13.0. The van der Waals surface area contributed by atoms with Crippen LogP contribution in [0.3, 0.4) is 0 Å². The third-order valence-electron chi connectivity index (χ3n) is 2.32. The first-order chi connectivity index (χ1) is 10.2. The quantitative estimate of drug-likeness (QED) is 0.241. The van der Waals surface area contributed by atoms with E-state index >= 15 is 0 Å². The molecule has 0 unspecified atom stereocenters. The Kier molecular flexibility index (Phi) is 5.53. The van der Waals surface area contributed by atoms with Gasteiger partial charge in [-0.15, -0.1) is 0 Å². The predicted molar refractivity (Wildman–Crippen MR) is 80.1 cm³/mol. The Morgan fingerprint density at radius 1 is 1.52 bits per heavy atom. The number of halogens is 2. The van der Waals surface area contributed by atoms with E-state index in [1.807, 2.05) is 0 Å². The average molecular weight is 376 g/mol. The molecule has 2 rings (SSSR count). The fraction of sp³-hybridized carbons (Fsp3) is 0.182. The van der Waals surface area contributed by atoms with Crippen LogP contribution in [0.25, 0.3) is 0 Å². The Hall–Kier alpha value is -1.65. The van der Waals surface area contributed by atoms with Crippen molar-refractivity contribution in [3.05, 3.63) is 34.2 Å². The van der Waals surface area contributed by atoms with E-state index in [4.69, 9.17) is 10.9 Å². The second-order valence-electron chi connectivity index (χ2n) is 3.76. The number of anilines is 1. The molecule has 0 saturated carbocycles. The molecule has 0 spiro atoms. The van der Waals surface area contributed by atoms with Gasteiger partial charge in [0.25, 0.3) is 0 Å². The summed E-state index contributed by atoms with van der Waals surface area (Å²) >= 11 is 4.39. The summed E-state index contributed by atoms with van der Waals surface area (Å²) in [5.74, 6) is 0.252. The van der Waals surface area contributed by atoms with Crippen molar-refractivity contribution in [3.63, 3.8) is 0 Å². The van der Waals surface area contributed by atoms with Crippen molar-refractivity contribution in [2.75, 3.05) is 17.6 Å². The molecule has 0 saturated heterocycles. The summed E-state index contributed by atoms with van der Waals surface area (Å²) in [5.41, 5.74) is 6.18. The molecule has 0 amide bonds. The molecule has 0 aliphatic rings. The molecule has 0 atom stereocenters. The topological polar surface area (TPSA) is 110 Å². The maximum atomic E-state index is 13.2. The van der Waals surface area contributed by atoms with Crippen molar-refractivity contribution >= 4 is 39.2 Å². The van der Waals surface area contributed by atoms with Gasteiger partial charge in [0, 0.05) is 18.0 Å². The SMILES string of the molecule is NCCSc1nonc1/C(=N/O)Nc1ccc(F)c(Br)c1. The molecule has 1 aromatic heterocycles. The third kappa shape index (κ3) is 3.93. The van der Waals surface area contributed by atoms with Crippen molar-refractivity contribution in [3.8, 4) is 0 Å². The highest BCUT2D eigenvalue weighted by molar-refractivity contribution is 9.10. The Bertz CT molecular complexity index is 651. The first-order valence-corrected chi connectivity index (χ1v) is 7.53. The Morgan fingerprint density at radius 2 is 2.33 bits per heavy atom. The molecule has 0 bridgehead atoms. The third-order valence-corrected chi connectivity index (χ3v) is 3.91. The highest BCUT2D eigenvalue weighted by Gasteiger charge is 2.18. The standard InChI is InChI=1S/C11H11BrFN5O2S/c12-7-5-6(1-2-8(7)13)15-10(16-19)9-11(18-20-17-9)21-4-3-14/h1-2,5,19H,3-4,14H2,(H,15,16). The highest BCUT2D eigenvalue weighted by atomic mass is 79.9. The van der Waals surface area contributed by atoms with Crippen molar-refractivity contribution in [2.24, 2.45) is 10.9 Å². The van der Waals surface area contributed by atoms with Crippen LogP contribution in [0, 0.1) is 5.82 Å². The lowest BCUT2D eigenvalue weighted by Gasteiger charge is -2.07. The zero-order valence-electron chi connectivity index (χ0n) is 10.6. The number of hydrogen-bond acceptors (Lipinski definition) is 7. The van der Waals surface area contributed by atoms with Gasteiger partial charge in [0.05, 0.1) is 4.47 Å². The average Bonchev–Trinajstić information content (AvgIpc) is 2.94. The lowest BCUT2D eigenvalue weighted by Crippen LogP contribution is -2.15. The minimum absolute atomic E-state index is 0.0364. The van der Waals surface area contributed by atoms with Gasteiger partial charge in [-0.05, 0) is 44.4 Å². The van der Waals surface area contributed by atoms with Gasteiger partial charge in [-0.2, -0.15) is 0 Å². The molecule has 1 aromatic carbocycles. The number of thioether (sulfide) groups is 1. The van der Waals surface area contributed by atoms with Gasteiger partial charge < -0.3 is 16.3 Å². The molecule has 0 radical (unpaired) electrons. The number of amidine groups is 1. The fourth-order valence-electron chi connectivity index (χ4n) is 1.42. The molecule has 10 heteroatoms. The Morgan fingerprint density at radius 3 is 3.00 bits per heavy atom. The van der Waals surface area contributed by atoms with E-state index in [-0.39, 0.29) is 16.0 Å². The van der Waals surface area contributed by atoms with Crippen LogP contribution in [0.4, 0.5) is 10.1 Å². The first-order valence-electron chi connectivity index (χ1n) is 5.75. The summed E-state index contributed by atoms with van der Waals surface area (Å²) in [5, 5.41) is 22.9. The van der Waals surface area contributed by atoms with Crippen LogP contribution in [-0.4, -0.2) is 33.7 Å². The fourth-order valence-corrected chi connectivity index (χ4v) is 2.46. The first kappa shape index (κ1) is 15.7. The van der Waals surface area contributed by atoms with Gasteiger partial charge >= 0.3 is 0 Å². The van der Waals surface area contributed by atoms with Crippen LogP contribution < -0.4 is 11.1 Å². The van der Waals surface area contributed by atoms with Crippen molar-refractivity contribution in [1.82, 2.24) is 10.3 Å². The summed E-state index contributed by atoms with van der Waals surface area (Å²) in [6.07, 6.45) is 0. The number of oxime groups is 1. The van der Waals surface area contributed by atoms with Gasteiger partial charge in [0.2, 0.25) is 5.84 Å². The molecular formula is C11H11BrFN5O2S. The van der Waals surface area contributed by atoms with E-state index in [9.17, 15) is 4.39 Å². The number of nitrogens with zero attached hydrogens (tertiary/aromatic N) is 3. The molecule has 1 heterocycles. The number of hydrogen-bond donors (Lipinski definition) is 3. The van der Waals surface area contributed by atoms with Crippen LogP contribution in [-0.2, 0) is 0 Å². The highest BCUT2D eigenvalue weighted by Crippen LogP contribution is 2.23. The largest absolute Gasteiger partial charge is 0.409 e. The Balaban J connectivity index is 2.20. The normalized spacial score (nSPS) is 11.7. The summed E-state index contributed by atoms with van der Waals surface area (Å²) in [6.45, 7) is 0.459. The number of rotatable bonds is 5. The molecule has 112 valence electrons. The summed E-state index contributed by atoms with van der Waals surface area (Å²) in [7, 11) is 0. The minimum Gasteiger partial charge on any atom is -0.409 e. The van der Waals surface area contributed by atoms with Crippen molar-refractivity contribution in [1.29, 1.82) is 0 Å². The van der Waals surface area contributed by atoms with E-state index in [2.05, 4.69) is 41.3 Å². The lowest BCUT2D eigenvalue weighted by atomic mass is 10.3. The van der Waals surface area contributed by atoms with Gasteiger partial charge in [0.1, 0.15) is 5.82 Å². The lowest BCUT2D eigenvalue weighted by molar-refractivity contribution is 0.297. The van der Waals surface area contributed by atoms with Crippen LogP contribution in [0.15, 0.2) is 37.5 Å². The van der Waals surface area contributed by atoms with Gasteiger partial charge in [-0.25, -0.2) is 9.02 Å². The molecule has 0 aliphatic carbocycles. The van der Waals surface area contributed by atoms with Gasteiger partial charge in [-0.3, -0.25) is 0 Å². The second-order valence-corrected chi connectivity index (χ2v) is 5.70. The van der Waals surface area contributed by atoms with E-state index in [0.717, 1.165) is 0 Å². The number of benzene rings is 1. The van der Waals surface area contributed by atoms with E-state index in [1.54, 1.807) is 0 Å². The van der Waals surface area contributed by atoms with Crippen LogP contribution in [0.1, 0.15) is 5.69 Å². The summed E-state index contributed by atoms with van der Waals surface area (Å²) < 4.78 is 18.1. The second kappa shape index (κ2) is 7.38. The molecule has 0 fully saturated rings. The van der Waals surface area contributed by atoms with Crippen LogP contribution in [0.2, 0.25) is 0 Å².